The summed E-state index contributed by atoms with van der Waals surface area (Å²) in [6.45, 7) is 8.17. The predicted molar refractivity (Wildman–Crippen MR) is 68.4 cm³/mol. The molecule has 0 atom stereocenters. The summed E-state index contributed by atoms with van der Waals surface area (Å²) in [6.07, 6.45) is 8.41. The molecule has 1 saturated carbocycles. The van der Waals surface area contributed by atoms with Crippen molar-refractivity contribution in [1.82, 2.24) is 0 Å². The van der Waals surface area contributed by atoms with Gasteiger partial charge in [0.25, 0.3) is 0 Å². The first kappa shape index (κ1) is 15.5. The Morgan fingerprint density at radius 1 is 1.12 bits per heavy atom. The molecule has 0 saturated heterocycles. The second-order valence-electron chi connectivity index (χ2n) is 4.82. The van der Waals surface area contributed by atoms with Crippen LogP contribution in [-0.2, 0) is 9.53 Å². The van der Waals surface area contributed by atoms with E-state index in [-0.39, 0.29) is 18.0 Å². The minimum atomic E-state index is 0.0182. The lowest BCUT2D eigenvalue weighted by molar-refractivity contribution is -0.153. The number of hydrogen-bond donors (Lipinski definition) is 0. The molecule has 0 heterocycles. The standard InChI is InChI=1S/C10H18O2.C4H10/c1-8(2)12-10(11)9-6-4-3-5-7-9;1-3-4-2/h8-9H,3-7H2,1-2H3;3-4H2,1-2H3. The van der Waals surface area contributed by atoms with Gasteiger partial charge in [-0.3, -0.25) is 4.79 Å². The van der Waals surface area contributed by atoms with Crippen LogP contribution in [-0.4, -0.2) is 12.1 Å². The van der Waals surface area contributed by atoms with Crippen molar-refractivity contribution in [3.8, 4) is 0 Å². The van der Waals surface area contributed by atoms with Gasteiger partial charge in [-0.1, -0.05) is 46.0 Å². The van der Waals surface area contributed by atoms with E-state index < -0.39 is 0 Å². The van der Waals surface area contributed by atoms with E-state index in [9.17, 15) is 4.79 Å². The Labute approximate surface area is 101 Å². The summed E-state index contributed by atoms with van der Waals surface area (Å²) in [7, 11) is 0. The number of hydrogen-bond acceptors (Lipinski definition) is 2. The predicted octanol–water partition coefficient (Wildman–Crippen LogP) is 4.32. The zero-order chi connectivity index (χ0) is 12.4. The lowest BCUT2D eigenvalue weighted by Crippen LogP contribution is -2.23. The number of carbonyl (C=O) groups excluding carboxylic acids is 1. The van der Waals surface area contributed by atoms with E-state index in [0.29, 0.717) is 0 Å². The van der Waals surface area contributed by atoms with E-state index in [0.717, 1.165) is 12.8 Å². The largest absolute Gasteiger partial charge is 0.463 e. The fraction of sp³-hybridized carbons (Fsp3) is 0.929. The molecule has 1 rings (SSSR count). The molecule has 1 aliphatic rings. The van der Waals surface area contributed by atoms with Gasteiger partial charge in [-0.2, -0.15) is 0 Å². The molecule has 0 aromatic carbocycles. The van der Waals surface area contributed by atoms with Crippen molar-refractivity contribution in [1.29, 1.82) is 0 Å². The smallest absolute Gasteiger partial charge is 0.309 e. The highest BCUT2D eigenvalue weighted by atomic mass is 16.5. The van der Waals surface area contributed by atoms with Crippen LogP contribution in [0.3, 0.4) is 0 Å². The molecule has 0 aliphatic heterocycles. The molecule has 0 bridgehead atoms. The Morgan fingerprint density at radius 3 is 2.00 bits per heavy atom. The van der Waals surface area contributed by atoms with Gasteiger partial charge < -0.3 is 4.74 Å². The van der Waals surface area contributed by atoms with Crippen molar-refractivity contribution in [2.24, 2.45) is 5.92 Å². The summed E-state index contributed by atoms with van der Waals surface area (Å²) in [5.74, 6) is 0.214. The number of ether oxygens (including phenoxy) is 1. The van der Waals surface area contributed by atoms with Gasteiger partial charge in [-0.15, -0.1) is 0 Å². The average molecular weight is 228 g/mol. The van der Waals surface area contributed by atoms with Gasteiger partial charge >= 0.3 is 5.97 Å². The highest BCUT2D eigenvalue weighted by Gasteiger charge is 2.22. The van der Waals surface area contributed by atoms with Crippen molar-refractivity contribution in [2.75, 3.05) is 0 Å². The molecule has 0 aromatic heterocycles. The molecule has 96 valence electrons. The van der Waals surface area contributed by atoms with E-state index >= 15 is 0 Å². The highest BCUT2D eigenvalue weighted by Crippen LogP contribution is 2.24. The molecule has 0 radical (unpaired) electrons. The molecule has 16 heavy (non-hydrogen) atoms. The Morgan fingerprint density at radius 2 is 1.62 bits per heavy atom. The Balaban J connectivity index is 0.000000487. The normalized spacial score (nSPS) is 16.6. The molecule has 0 aromatic rings. The zero-order valence-electron chi connectivity index (χ0n) is 11.4. The minimum Gasteiger partial charge on any atom is -0.463 e. The third-order valence-corrected chi connectivity index (χ3v) is 2.79. The van der Waals surface area contributed by atoms with Crippen LogP contribution in [0.15, 0.2) is 0 Å². The third kappa shape index (κ3) is 7.72. The number of rotatable bonds is 3. The third-order valence-electron chi connectivity index (χ3n) is 2.79. The summed E-state index contributed by atoms with van der Waals surface area (Å²) < 4.78 is 5.15. The number of esters is 1. The second kappa shape index (κ2) is 9.68. The van der Waals surface area contributed by atoms with Gasteiger partial charge in [0, 0.05) is 0 Å². The van der Waals surface area contributed by atoms with Crippen LogP contribution in [0.1, 0.15) is 72.6 Å². The fourth-order valence-electron chi connectivity index (χ4n) is 1.67. The number of unbranched alkanes of at least 4 members (excludes halogenated alkanes) is 1. The summed E-state index contributed by atoms with van der Waals surface area (Å²) in [6, 6.07) is 0. The minimum absolute atomic E-state index is 0.0182. The maximum atomic E-state index is 11.4. The van der Waals surface area contributed by atoms with Gasteiger partial charge in [0.15, 0.2) is 0 Å². The quantitative estimate of drug-likeness (QED) is 0.672. The van der Waals surface area contributed by atoms with E-state index in [1.54, 1.807) is 0 Å². The molecule has 2 heteroatoms. The molecular weight excluding hydrogens is 200 g/mol. The first-order chi connectivity index (χ1) is 7.61. The Bertz CT molecular complexity index is 168. The average Bonchev–Trinajstić information content (AvgIpc) is 2.30. The molecule has 0 spiro atoms. The first-order valence-electron chi connectivity index (χ1n) is 6.82. The molecule has 0 N–H and O–H groups in total. The van der Waals surface area contributed by atoms with Crippen molar-refractivity contribution < 1.29 is 9.53 Å². The summed E-state index contributed by atoms with van der Waals surface area (Å²) in [4.78, 5) is 11.4. The zero-order valence-corrected chi connectivity index (χ0v) is 11.4. The second-order valence-corrected chi connectivity index (χ2v) is 4.82. The molecule has 1 fully saturated rings. The van der Waals surface area contributed by atoms with Crippen LogP contribution < -0.4 is 0 Å². The van der Waals surface area contributed by atoms with Crippen LogP contribution in [0.5, 0.6) is 0 Å². The summed E-state index contributed by atoms with van der Waals surface area (Å²) in [5.41, 5.74) is 0. The van der Waals surface area contributed by atoms with E-state index in [2.05, 4.69) is 13.8 Å². The summed E-state index contributed by atoms with van der Waals surface area (Å²) in [5, 5.41) is 0. The van der Waals surface area contributed by atoms with Crippen LogP contribution in [0.25, 0.3) is 0 Å². The maximum absolute atomic E-state index is 11.4. The van der Waals surface area contributed by atoms with Crippen molar-refractivity contribution in [3.05, 3.63) is 0 Å². The van der Waals surface area contributed by atoms with Gasteiger partial charge in [-0.05, 0) is 26.7 Å². The Kier molecular flexibility index (Phi) is 9.36. The van der Waals surface area contributed by atoms with Gasteiger partial charge in [0.05, 0.1) is 12.0 Å². The molecular formula is C14H28O2. The molecule has 0 amide bonds. The Hall–Kier alpha value is -0.530. The van der Waals surface area contributed by atoms with Crippen LogP contribution >= 0.6 is 0 Å². The monoisotopic (exact) mass is 228 g/mol. The van der Waals surface area contributed by atoms with Gasteiger partial charge in [0.2, 0.25) is 0 Å². The summed E-state index contributed by atoms with van der Waals surface area (Å²) >= 11 is 0. The SMILES string of the molecule is CC(C)OC(=O)C1CCCCC1.CCCC. The first-order valence-corrected chi connectivity index (χ1v) is 6.82. The lowest BCUT2D eigenvalue weighted by atomic mass is 9.89. The molecule has 1 aliphatic carbocycles. The van der Waals surface area contributed by atoms with Gasteiger partial charge in [-0.25, -0.2) is 0 Å². The highest BCUT2D eigenvalue weighted by molar-refractivity contribution is 5.72. The van der Waals surface area contributed by atoms with Crippen molar-refractivity contribution >= 4 is 5.97 Å². The van der Waals surface area contributed by atoms with E-state index in [4.69, 9.17) is 4.74 Å². The topological polar surface area (TPSA) is 26.3 Å². The van der Waals surface area contributed by atoms with Crippen LogP contribution in [0.4, 0.5) is 0 Å². The fourth-order valence-corrected chi connectivity index (χ4v) is 1.67. The molecule has 0 unspecified atom stereocenters. The maximum Gasteiger partial charge on any atom is 0.309 e. The van der Waals surface area contributed by atoms with E-state index in [1.165, 1.54) is 32.1 Å². The van der Waals surface area contributed by atoms with Gasteiger partial charge in [0.1, 0.15) is 0 Å². The number of carbonyl (C=O) groups is 1. The van der Waals surface area contributed by atoms with Crippen molar-refractivity contribution in [2.45, 2.75) is 78.7 Å². The van der Waals surface area contributed by atoms with Crippen molar-refractivity contribution in [3.63, 3.8) is 0 Å². The molecule has 2 nitrogen and oxygen atoms in total. The van der Waals surface area contributed by atoms with E-state index in [1.807, 2.05) is 13.8 Å². The van der Waals surface area contributed by atoms with Crippen LogP contribution in [0.2, 0.25) is 0 Å². The van der Waals surface area contributed by atoms with Crippen LogP contribution in [0, 0.1) is 5.92 Å². The lowest BCUT2D eigenvalue weighted by Gasteiger charge is -2.20.